The molecule has 0 saturated heterocycles. The van der Waals surface area contributed by atoms with Crippen LogP contribution in [0.5, 0.6) is 0 Å². The first kappa shape index (κ1) is 15.0. The number of aromatic nitrogens is 1. The molecule has 1 heterocycles. The highest BCUT2D eigenvalue weighted by Crippen LogP contribution is 2.28. The number of hydrogen-bond donors (Lipinski definition) is 1. The maximum absolute atomic E-state index is 9.03. The highest BCUT2D eigenvalue weighted by atomic mass is 15.2. The Morgan fingerprint density at radius 2 is 2.14 bits per heavy atom. The van der Waals surface area contributed by atoms with E-state index in [-0.39, 0.29) is 6.04 Å². The summed E-state index contributed by atoms with van der Waals surface area (Å²) in [7, 11) is 1.97. The Morgan fingerprint density at radius 3 is 2.86 bits per heavy atom. The zero-order valence-corrected chi connectivity index (χ0v) is 12.7. The van der Waals surface area contributed by atoms with E-state index in [1.807, 2.05) is 36.2 Å². The van der Waals surface area contributed by atoms with Crippen molar-refractivity contribution in [3.63, 3.8) is 0 Å². The van der Waals surface area contributed by atoms with Crippen LogP contribution in [-0.4, -0.2) is 18.6 Å². The average Bonchev–Trinajstić information content (AvgIpc) is 2.54. The first-order chi connectivity index (χ1) is 10.2. The molecule has 0 spiro atoms. The Balaban J connectivity index is 2.39. The Morgan fingerprint density at radius 1 is 1.33 bits per heavy atom. The summed E-state index contributed by atoms with van der Waals surface area (Å²) in [5.74, 6) is 0.904. The predicted octanol–water partition coefficient (Wildman–Crippen LogP) is 3.39. The molecule has 0 bridgehead atoms. The van der Waals surface area contributed by atoms with Gasteiger partial charge in [-0.25, -0.2) is 4.98 Å². The van der Waals surface area contributed by atoms with Gasteiger partial charge < -0.3 is 10.2 Å². The minimum Gasteiger partial charge on any atom is -0.329 e. The lowest BCUT2D eigenvalue weighted by atomic mass is 10.1. The smallest absolute Gasteiger partial charge is 0.137 e. The summed E-state index contributed by atoms with van der Waals surface area (Å²) in [5, 5.41) is 12.4. The molecule has 1 N–H and O–H groups in total. The predicted molar refractivity (Wildman–Crippen MR) is 85.5 cm³/mol. The number of nitrogens with one attached hydrogen (secondary N) is 1. The molecule has 0 fully saturated rings. The molecule has 0 amide bonds. The Kier molecular flexibility index (Phi) is 4.91. The fourth-order valence-electron chi connectivity index (χ4n) is 2.35. The van der Waals surface area contributed by atoms with E-state index < -0.39 is 0 Å². The van der Waals surface area contributed by atoms with Crippen molar-refractivity contribution in [3.8, 4) is 6.07 Å². The molecule has 2 rings (SSSR count). The van der Waals surface area contributed by atoms with Crippen molar-refractivity contribution in [3.05, 3.63) is 53.7 Å². The van der Waals surface area contributed by atoms with Gasteiger partial charge in [0, 0.05) is 30.5 Å². The van der Waals surface area contributed by atoms with E-state index in [2.05, 4.69) is 36.3 Å². The van der Waals surface area contributed by atoms with Crippen molar-refractivity contribution >= 4 is 11.5 Å². The molecular formula is C17H20N4. The van der Waals surface area contributed by atoms with E-state index in [1.165, 1.54) is 0 Å². The molecule has 21 heavy (non-hydrogen) atoms. The van der Waals surface area contributed by atoms with Gasteiger partial charge in [0.25, 0.3) is 0 Å². The van der Waals surface area contributed by atoms with Gasteiger partial charge in [-0.05, 0) is 37.7 Å². The van der Waals surface area contributed by atoms with E-state index in [9.17, 15) is 0 Å². The van der Waals surface area contributed by atoms with Gasteiger partial charge in [-0.1, -0.05) is 19.1 Å². The average molecular weight is 280 g/mol. The minimum absolute atomic E-state index is 0.222. The zero-order chi connectivity index (χ0) is 15.2. The van der Waals surface area contributed by atoms with Crippen LogP contribution in [0.3, 0.4) is 0 Å². The third-order valence-electron chi connectivity index (χ3n) is 3.47. The maximum Gasteiger partial charge on any atom is 0.137 e. The van der Waals surface area contributed by atoms with Crippen molar-refractivity contribution in [2.24, 2.45) is 0 Å². The number of anilines is 2. The number of nitrogens with zero attached hydrogens (tertiary/aromatic N) is 3. The van der Waals surface area contributed by atoms with E-state index in [4.69, 9.17) is 5.26 Å². The summed E-state index contributed by atoms with van der Waals surface area (Å²) in [4.78, 5) is 6.53. The van der Waals surface area contributed by atoms with Gasteiger partial charge in [-0.2, -0.15) is 5.26 Å². The fraction of sp³-hybridized carbons (Fsp3) is 0.294. The Bertz CT molecular complexity index is 645. The number of nitriles is 1. The molecule has 1 atom stereocenters. The van der Waals surface area contributed by atoms with E-state index in [0.717, 1.165) is 23.6 Å². The maximum atomic E-state index is 9.03. The first-order valence-corrected chi connectivity index (χ1v) is 7.09. The minimum atomic E-state index is 0.222. The monoisotopic (exact) mass is 280 g/mol. The summed E-state index contributed by atoms with van der Waals surface area (Å²) in [5.41, 5.74) is 2.75. The molecule has 0 saturated carbocycles. The van der Waals surface area contributed by atoms with Crippen LogP contribution in [0.4, 0.5) is 11.5 Å². The second kappa shape index (κ2) is 6.87. The summed E-state index contributed by atoms with van der Waals surface area (Å²) >= 11 is 0. The van der Waals surface area contributed by atoms with Crippen LogP contribution in [0.25, 0.3) is 0 Å². The van der Waals surface area contributed by atoms with Crippen molar-refractivity contribution in [1.29, 1.82) is 5.26 Å². The normalized spacial score (nSPS) is 11.7. The van der Waals surface area contributed by atoms with Crippen molar-refractivity contribution < 1.29 is 0 Å². The van der Waals surface area contributed by atoms with Crippen LogP contribution in [0.2, 0.25) is 0 Å². The quantitative estimate of drug-likeness (QED) is 0.912. The fourth-order valence-corrected chi connectivity index (χ4v) is 2.35. The van der Waals surface area contributed by atoms with Crippen LogP contribution in [0, 0.1) is 11.3 Å². The number of hydrogen-bond acceptors (Lipinski definition) is 4. The van der Waals surface area contributed by atoms with Gasteiger partial charge in [-0.15, -0.1) is 0 Å². The Hall–Kier alpha value is -2.38. The molecular weight excluding hydrogens is 260 g/mol. The largest absolute Gasteiger partial charge is 0.329 e. The second-order valence-electron chi connectivity index (χ2n) is 4.92. The topological polar surface area (TPSA) is 52.0 Å². The van der Waals surface area contributed by atoms with Crippen LogP contribution in [0.15, 0.2) is 42.6 Å². The van der Waals surface area contributed by atoms with Crippen molar-refractivity contribution in [1.82, 2.24) is 10.3 Å². The molecule has 0 aliphatic rings. The molecule has 108 valence electrons. The third kappa shape index (κ3) is 3.39. The highest BCUT2D eigenvalue weighted by molar-refractivity contribution is 5.64. The molecule has 1 unspecified atom stereocenters. The third-order valence-corrected chi connectivity index (χ3v) is 3.47. The van der Waals surface area contributed by atoms with E-state index >= 15 is 0 Å². The van der Waals surface area contributed by atoms with Gasteiger partial charge in [0.1, 0.15) is 5.82 Å². The van der Waals surface area contributed by atoms with Gasteiger partial charge in [0.15, 0.2) is 0 Å². The summed E-state index contributed by atoms with van der Waals surface area (Å²) in [6.45, 7) is 5.12. The van der Waals surface area contributed by atoms with Crippen molar-refractivity contribution in [2.75, 3.05) is 18.5 Å². The summed E-state index contributed by atoms with van der Waals surface area (Å²) in [6, 6.07) is 14.0. The first-order valence-electron chi connectivity index (χ1n) is 7.09. The van der Waals surface area contributed by atoms with Crippen LogP contribution in [-0.2, 0) is 0 Å². The van der Waals surface area contributed by atoms with E-state index in [1.54, 1.807) is 12.3 Å². The molecule has 2 aromatic rings. The molecule has 1 aromatic heterocycles. The molecule has 0 radical (unpaired) electrons. The van der Waals surface area contributed by atoms with E-state index in [0.29, 0.717) is 5.56 Å². The van der Waals surface area contributed by atoms with Crippen molar-refractivity contribution in [2.45, 2.75) is 19.9 Å². The summed E-state index contributed by atoms with van der Waals surface area (Å²) < 4.78 is 0. The molecule has 4 nitrogen and oxygen atoms in total. The molecule has 0 aliphatic heterocycles. The van der Waals surface area contributed by atoms with Gasteiger partial charge in [0.2, 0.25) is 0 Å². The molecule has 0 aliphatic carbocycles. The lowest BCUT2D eigenvalue weighted by Crippen LogP contribution is -2.22. The van der Waals surface area contributed by atoms with Gasteiger partial charge in [-0.3, -0.25) is 0 Å². The van der Waals surface area contributed by atoms with Gasteiger partial charge >= 0.3 is 0 Å². The number of benzene rings is 1. The van der Waals surface area contributed by atoms with Crippen LogP contribution >= 0.6 is 0 Å². The van der Waals surface area contributed by atoms with Crippen LogP contribution in [0.1, 0.15) is 31.0 Å². The zero-order valence-electron chi connectivity index (χ0n) is 12.7. The molecule has 4 heteroatoms. The Labute approximate surface area is 126 Å². The highest BCUT2D eigenvalue weighted by Gasteiger charge is 2.15. The number of pyridine rings is 1. The molecule has 1 aromatic carbocycles. The SMILES string of the molecule is CCNC(C)c1cccnc1N(C)c1cccc(C#N)c1. The number of rotatable bonds is 5. The standard InChI is InChI=1S/C17H20N4/c1-4-19-13(2)16-9-6-10-20-17(16)21(3)15-8-5-7-14(11-15)12-18/h5-11,13,19H,4H2,1-3H3. The van der Waals surface area contributed by atoms with Gasteiger partial charge in [0.05, 0.1) is 11.6 Å². The lowest BCUT2D eigenvalue weighted by Gasteiger charge is -2.24. The second-order valence-corrected chi connectivity index (χ2v) is 4.92. The lowest BCUT2D eigenvalue weighted by molar-refractivity contribution is 0.596. The summed E-state index contributed by atoms with van der Waals surface area (Å²) in [6.07, 6.45) is 1.79. The van der Waals surface area contributed by atoms with Crippen LogP contribution < -0.4 is 10.2 Å².